The van der Waals surface area contributed by atoms with Crippen molar-refractivity contribution in [1.82, 2.24) is 19.4 Å². The summed E-state index contributed by atoms with van der Waals surface area (Å²) in [4.78, 5) is 23.8. The highest BCUT2D eigenvalue weighted by molar-refractivity contribution is 5.89. The molecule has 5 heterocycles. The summed E-state index contributed by atoms with van der Waals surface area (Å²) >= 11 is 0. The van der Waals surface area contributed by atoms with Crippen LogP contribution in [0.2, 0.25) is 0 Å². The molecule has 0 aliphatic carbocycles. The summed E-state index contributed by atoms with van der Waals surface area (Å²) in [5.74, 6) is -3.07. The third-order valence-corrected chi connectivity index (χ3v) is 8.18. The van der Waals surface area contributed by atoms with Gasteiger partial charge in [0.2, 0.25) is 0 Å². The first-order chi connectivity index (χ1) is 17.8. The molecule has 3 aliphatic rings. The maximum Gasteiger partial charge on any atom is 0.349 e. The van der Waals surface area contributed by atoms with E-state index in [2.05, 4.69) is 20.2 Å². The van der Waals surface area contributed by atoms with Crippen LogP contribution in [0.5, 0.6) is 0 Å². The number of aryl methyl sites for hydroxylation is 2. The minimum atomic E-state index is -2.88. The molecule has 0 unspecified atom stereocenters. The summed E-state index contributed by atoms with van der Waals surface area (Å²) in [6, 6.07) is 8.41. The SMILES string of the molecule is C[C@H]1Nc2nc(=O)n(C)c3cnc(cc23)CCCCCCCN2CCC(CC2)C(F)(F)c2cccc1c2. The van der Waals surface area contributed by atoms with Crippen LogP contribution in [-0.2, 0) is 19.4 Å². The van der Waals surface area contributed by atoms with Crippen molar-refractivity contribution < 1.29 is 8.78 Å². The van der Waals surface area contributed by atoms with E-state index in [-0.39, 0.29) is 17.3 Å². The maximum absolute atomic E-state index is 15.6. The number of fused-ring (bicyclic) bond motifs is 9. The Bertz CT molecular complexity index is 1300. The molecule has 8 heteroatoms. The lowest BCUT2D eigenvalue weighted by Crippen LogP contribution is -2.40. The summed E-state index contributed by atoms with van der Waals surface area (Å²) in [7, 11) is 1.69. The first-order valence-corrected chi connectivity index (χ1v) is 13.7. The molecule has 1 aromatic carbocycles. The number of nitrogens with one attached hydrogen (secondary N) is 1. The molecule has 2 aromatic heterocycles. The molecule has 1 fully saturated rings. The number of benzene rings is 1. The van der Waals surface area contributed by atoms with Gasteiger partial charge in [-0.15, -0.1) is 0 Å². The van der Waals surface area contributed by atoms with Gasteiger partial charge in [-0.05, 0) is 76.4 Å². The Labute approximate surface area is 217 Å². The highest BCUT2D eigenvalue weighted by atomic mass is 19.3. The number of pyridine rings is 1. The Morgan fingerprint density at radius 2 is 1.78 bits per heavy atom. The zero-order valence-corrected chi connectivity index (χ0v) is 21.9. The van der Waals surface area contributed by atoms with Crippen molar-refractivity contribution in [3.05, 3.63) is 63.8 Å². The van der Waals surface area contributed by atoms with Gasteiger partial charge in [0.15, 0.2) is 0 Å². The normalized spacial score (nSPS) is 24.9. The standard InChI is InChI=1S/C29H37F2N5O/c1-20-21-9-8-10-23(17-21)29(30,31)22-12-15-36(16-13-22)14-7-5-3-4-6-11-24-18-25-26(19-32-24)35(2)28(37)34-27(25)33-20/h8-10,17-20,22H,3-7,11-16H2,1-2H3,(H,33,34,37)/t20-/m1/s1. The molecule has 198 valence electrons. The Kier molecular flexibility index (Phi) is 7.56. The smallest absolute Gasteiger partial charge is 0.349 e. The monoisotopic (exact) mass is 509 g/mol. The van der Waals surface area contributed by atoms with E-state index in [1.54, 1.807) is 31.4 Å². The Morgan fingerprint density at radius 1 is 1.03 bits per heavy atom. The minimum Gasteiger partial charge on any atom is -0.363 e. The zero-order chi connectivity index (χ0) is 26.0. The second-order valence-electron chi connectivity index (χ2n) is 10.7. The molecular formula is C29H37F2N5O. The van der Waals surface area contributed by atoms with Crippen LogP contribution in [-0.4, -0.2) is 39.1 Å². The van der Waals surface area contributed by atoms with Gasteiger partial charge in [0.25, 0.3) is 5.92 Å². The van der Waals surface area contributed by atoms with E-state index in [4.69, 9.17) is 0 Å². The summed E-state index contributed by atoms with van der Waals surface area (Å²) in [5.41, 5.74) is 2.10. The van der Waals surface area contributed by atoms with Gasteiger partial charge in [-0.3, -0.25) is 9.55 Å². The minimum absolute atomic E-state index is 0.0660. The fourth-order valence-electron chi connectivity index (χ4n) is 5.76. The van der Waals surface area contributed by atoms with Crippen LogP contribution in [0, 0.1) is 5.92 Å². The Morgan fingerprint density at radius 3 is 2.59 bits per heavy atom. The largest absolute Gasteiger partial charge is 0.363 e. The maximum atomic E-state index is 15.6. The van der Waals surface area contributed by atoms with E-state index >= 15 is 8.78 Å². The van der Waals surface area contributed by atoms with Crippen LogP contribution in [0.3, 0.4) is 0 Å². The first kappa shape index (κ1) is 25.8. The third kappa shape index (κ3) is 5.54. The van der Waals surface area contributed by atoms with Crippen molar-refractivity contribution in [3.8, 4) is 0 Å². The lowest BCUT2D eigenvalue weighted by Gasteiger charge is -2.36. The number of nitrogens with zero attached hydrogens (tertiary/aromatic N) is 4. The van der Waals surface area contributed by atoms with Crippen molar-refractivity contribution in [1.29, 1.82) is 0 Å². The number of alkyl halides is 2. The highest BCUT2D eigenvalue weighted by Crippen LogP contribution is 2.42. The van der Waals surface area contributed by atoms with Gasteiger partial charge in [-0.2, -0.15) is 4.98 Å². The number of rotatable bonds is 0. The first-order valence-electron chi connectivity index (χ1n) is 13.7. The molecule has 6 rings (SSSR count). The van der Waals surface area contributed by atoms with E-state index in [0.717, 1.165) is 74.8 Å². The zero-order valence-electron chi connectivity index (χ0n) is 21.9. The van der Waals surface area contributed by atoms with Crippen molar-refractivity contribution in [2.24, 2.45) is 13.0 Å². The molecule has 1 atom stereocenters. The molecule has 3 aromatic rings. The van der Waals surface area contributed by atoms with E-state index in [1.165, 1.54) is 4.57 Å². The molecule has 1 N–H and O–H groups in total. The number of hydrogen-bond acceptors (Lipinski definition) is 5. The number of aromatic nitrogens is 3. The van der Waals surface area contributed by atoms with Crippen LogP contribution in [0.4, 0.5) is 14.6 Å². The summed E-state index contributed by atoms with van der Waals surface area (Å²) in [6.07, 6.45) is 9.28. The quantitative estimate of drug-likeness (QED) is 0.414. The molecule has 3 aliphatic heterocycles. The van der Waals surface area contributed by atoms with E-state index in [9.17, 15) is 4.79 Å². The Hall–Kier alpha value is -2.87. The van der Waals surface area contributed by atoms with Crippen molar-refractivity contribution >= 4 is 16.7 Å². The van der Waals surface area contributed by atoms with Gasteiger partial charge < -0.3 is 10.2 Å². The van der Waals surface area contributed by atoms with E-state index in [0.29, 0.717) is 24.2 Å². The molecule has 0 radical (unpaired) electrons. The number of hydrogen-bond donors (Lipinski definition) is 1. The van der Waals surface area contributed by atoms with Gasteiger partial charge in [0.1, 0.15) is 5.82 Å². The molecular weight excluding hydrogens is 472 g/mol. The van der Waals surface area contributed by atoms with Gasteiger partial charge in [0, 0.05) is 35.7 Å². The molecule has 37 heavy (non-hydrogen) atoms. The molecule has 0 amide bonds. The lowest BCUT2D eigenvalue weighted by atomic mass is 9.85. The number of halogens is 2. The predicted molar refractivity (Wildman–Crippen MR) is 143 cm³/mol. The van der Waals surface area contributed by atoms with Crippen molar-refractivity contribution in [2.45, 2.75) is 70.3 Å². The van der Waals surface area contributed by atoms with Gasteiger partial charge in [-0.1, -0.05) is 37.5 Å². The van der Waals surface area contributed by atoms with Crippen LogP contribution in [0.15, 0.2) is 41.3 Å². The third-order valence-electron chi connectivity index (χ3n) is 8.18. The second kappa shape index (κ2) is 10.9. The van der Waals surface area contributed by atoms with E-state index in [1.807, 2.05) is 19.1 Å². The predicted octanol–water partition coefficient (Wildman–Crippen LogP) is 5.81. The molecule has 6 bridgehead atoms. The topological polar surface area (TPSA) is 63.1 Å². The van der Waals surface area contributed by atoms with Crippen LogP contribution in [0.1, 0.15) is 74.7 Å². The van der Waals surface area contributed by atoms with Crippen molar-refractivity contribution in [3.63, 3.8) is 0 Å². The van der Waals surface area contributed by atoms with Crippen LogP contribution in [0.25, 0.3) is 10.9 Å². The van der Waals surface area contributed by atoms with Crippen LogP contribution < -0.4 is 11.0 Å². The molecule has 6 nitrogen and oxygen atoms in total. The van der Waals surface area contributed by atoms with Gasteiger partial charge in [0.05, 0.1) is 11.7 Å². The fraction of sp³-hybridized carbons (Fsp3) is 0.552. The van der Waals surface area contributed by atoms with Gasteiger partial charge in [-0.25, -0.2) is 13.6 Å². The summed E-state index contributed by atoms with van der Waals surface area (Å²) in [5, 5.41) is 4.16. The molecule has 1 saturated heterocycles. The fourth-order valence-corrected chi connectivity index (χ4v) is 5.76. The number of anilines is 1. The van der Waals surface area contributed by atoms with Crippen LogP contribution >= 0.6 is 0 Å². The van der Waals surface area contributed by atoms with Gasteiger partial charge >= 0.3 is 5.69 Å². The second-order valence-corrected chi connectivity index (χ2v) is 10.7. The van der Waals surface area contributed by atoms with Crippen molar-refractivity contribution in [2.75, 3.05) is 25.0 Å². The number of piperidine rings is 1. The average Bonchev–Trinajstić information content (AvgIpc) is 2.91. The molecule has 0 saturated carbocycles. The highest BCUT2D eigenvalue weighted by Gasteiger charge is 2.42. The van der Waals surface area contributed by atoms with E-state index < -0.39 is 11.8 Å². The summed E-state index contributed by atoms with van der Waals surface area (Å²) in [6.45, 7) is 4.39. The Balaban J connectivity index is 1.50. The summed E-state index contributed by atoms with van der Waals surface area (Å²) < 4.78 is 32.8. The molecule has 0 spiro atoms. The average molecular weight is 510 g/mol. The lowest BCUT2D eigenvalue weighted by molar-refractivity contribution is -0.0855.